The summed E-state index contributed by atoms with van der Waals surface area (Å²) in [6.07, 6.45) is -0.627. The number of carbonyl (C=O) groups is 1. The Balaban J connectivity index is 1.61. The Morgan fingerprint density at radius 1 is 1.24 bits per heavy atom. The first-order chi connectivity index (χ1) is 9.98. The molecule has 3 rings (SSSR count). The molecule has 4 nitrogen and oxygen atoms in total. The van der Waals surface area contributed by atoms with Crippen LogP contribution in [-0.4, -0.2) is 34.3 Å². The average Bonchev–Trinajstić information content (AvgIpc) is 2.87. The Hall–Kier alpha value is -0.500. The Morgan fingerprint density at radius 3 is 2.67 bits per heavy atom. The van der Waals surface area contributed by atoms with Crippen molar-refractivity contribution in [2.45, 2.75) is 42.4 Å². The van der Waals surface area contributed by atoms with Crippen molar-refractivity contribution in [1.29, 1.82) is 0 Å². The summed E-state index contributed by atoms with van der Waals surface area (Å²) >= 11 is 2.18. The minimum Gasteiger partial charge on any atom is -0.376 e. The number of ketones is 1. The molecule has 114 valence electrons. The molecular formula is C16H19IO4. The molecule has 4 atom stereocenters. The third kappa shape index (κ3) is 3.16. The molecule has 2 unspecified atom stereocenters. The van der Waals surface area contributed by atoms with Crippen LogP contribution in [0.25, 0.3) is 0 Å². The topological polar surface area (TPSA) is 44.8 Å². The third-order valence-corrected chi connectivity index (χ3v) is 5.44. The van der Waals surface area contributed by atoms with E-state index in [2.05, 4.69) is 22.6 Å². The summed E-state index contributed by atoms with van der Waals surface area (Å²) in [5.74, 6) is -0.507. The Labute approximate surface area is 138 Å². The van der Waals surface area contributed by atoms with E-state index in [0.717, 1.165) is 5.56 Å². The van der Waals surface area contributed by atoms with Crippen LogP contribution in [0, 0.1) is 5.92 Å². The lowest BCUT2D eigenvalue weighted by atomic mass is 10.1. The largest absolute Gasteiger partial charge is 0.376 e. The fourth-order valence-electron chi connectivity index (χ4n) is 2.92. The number of hydrogen-bond acceptors (Lipinski definition) is 4. The van der Waals surface area contributed by atoms with Gasteiger partial charge in [-0.05, 0) is 19.4 Å². The van der Waals surface area contributed by atoms with Gasteiger partial charge in [0.2, 0.25) is 0 Å². The van der Waals surface area contributed by atoms with Crippen molar-refractivity contribution in [3.05, 3.63) is 35.9 Å². The number of alkyl halides is 1. The van der Waals surface area contributed by atoms with Crippen molar-refractivity contribution >= 4 is 28.4 Å². The molecule has 1 aromatic carbocycles. The van der Waals surface area contributed by atoms with Gasteiger partial charge >= 0.3 is 0 Å². The lowest BCUT2D eigenvalue weighted by Gasteiger charge is -2.23. The number of carbonyl (C=O) groups excluding carboxylic acids is 1. The van der Waals surface area contributed by atoms with Crippen LogP contribution in [0.3, 0.4) is 0 Å². The van der Waals surface area contributed by atoms with Crippen LogP contribution in [0.4, 0.5) is 0 Å². The molecule has 2 fully saturated rings. The number of ether oxygens (including phenoxy) is 3. The highest BCUT2D eigenvalue weighted by atomic mass is 127. The quantitative estimate of drug-likeness (QED) is 0.574. The molecule has 0 aromatic heterocycles. The van der Waals surface area contributed by atoms with Gasteiger partial charge in [0.25, 0.3) is 0 Å². The molecular weight excluding hydrogens is 383 g/mol. The minimum atomic E-state index is -0.681. The zero-order valence-corrected chi connectivity index (χ0v) is 14.3. The normalized spacial score (nSPS) is 34.1. The second-order valence-corrected chi connectivity index (χ2v) is 7.33. The minimum absolute atomic E-state index is 0.0496. The summed E-state index contributed by atoms with van der Waals surface area (Å²) in [6, 6.07) is 10.0. The maximum atomic E-state index is 12.3. The standard InChI is InChI=1S/C16H19IO4/c1-16(2)20-14-11(12(17)13(18)15(14)21-16)9-19-8-10-6-4-3-5-7-10/h3-7,11-12,14-15H,8-9H2,1-2H3/t11?,12?,14-,15+/m1/s1. The molecule has 0 amide bonds. The van der Waals surface area contributed by atoms with Crippen LogP contribution in [0.5, 0.6) is 0 Å². The second-order valence-electron chi connectivity index (χ2n) is 5.99. The molecule has 5 heteroatoms. The van der Waals surface area contributed by atoms with Gasteiger partial charge in [-0.15, -0.1) is 0 Å². The summed E-state index contributed by atoms with van der Waals surface area (Å²) in [4.78, 5) is 12.3. The second kappa shape index (κ2) is 5.95. The number of benzene rings is 1. The van der Waals surface area contributed by atoms with Crippen molar-refractivity contribution in [3.8, 4) is 0 Å². The fraction of sp³-hybridized carbons (Fsp3) is 0.562. The number of hydrogen-bond donors (Lipinski definition) is 0. The number of Topliss-reactive ketones (excluding diaryl/α,β-unsaturated/α-hetero) is 1. The van der Waals surface area contributed by atoms with Crippen LogP contribution < -0.4 is 0 Å². The van der Waals surface area contributed by atoms with Crippen molar-refractivity contribution < 1.29 is 19.0 Å². The van der Waals surface area contributed by atoms with Gasteiger partial charge in [0.1, 0.15) is 12.2 Å². The van der Waals surface area contributed by atoms with Gasteiger partial charge in [0, 0.05) is 5.92 Å². The van der Waals surface area contributed by atoms with Crippen LogP contribution in [0.15, 0.2) is 30.3 Å². The van der Waals surface area contributed by atoms with Crippen molar-refractivity contribution in [2.75, 3.05) is 6.61 Å². The number of fused-ring (bicyclic) bond motifs is 1. The maximum Gasteiger partial charge on any atom is 0.177 e. The highest BCUT2D eigenvalue weighted by Gasteiger charge is 2.57. The zero-order valence-electron chi connectivity index (χ0n) is 12.1. The van der Waals surface area contributed by atoms with Crippen LogP contribution >= 0.6 is 22.6 Å². The monoisotopic (exact) mass is 402 g/mol. The van der Waals surface area contributed by atoms with Gasteiger partial charge < -0.3 is 14.2 Å². The summed E-state index contributed by atoms with van der Waals surface area (Å²) < 4.78 is 17.3. The van der Waals surface area contributed by atoms with Crippen molar-refractivity contribution in [3.63, 3.8) is 0 Å². The lowest BCUT2D eigenvalue weighted by molar-refractivity contribution is -0.163. The van der Waals surface area contributed by atoms with Crippen LogP contribution in [0.2, 0.25) is 0 Å². The predicted molar refractivity (Wildman–Crippen MR) is 86.2 cm³/mol. The van der Waals surface area contributed by atoms with E-state index < -0.39 is 11.9 Å². The van der Waals surface area contributed by atoms with Crippen molar-refractivity contribution in [2.24, 2.45) is 5.92 Å². The zero-order chi connectivity index (χ0) is 15.0. The lowest BCUT2D eigenvalue weighted by Crippen LogP contribution is -2.31. The molecule has 0 N–H and O–H groups in total. The first-order valence-electron chi connectivity index (χ1n) is 7.13. The van der Waals surface area contributed by atoms with Crippen LogP contribution in [-0.2, 0) is 25.6 Å². The Morgan fingerprint density at radius 2 is 1.95 bits per heavy atom. The van der Waals surface area contributed by atoms with E-state index in [-0.39, 0.29) is 21.7 Å². The van der Waals surface area contributed by atoms with Gasteiger partial charge in [-0.3, -0.25) is 4.79 Å². The molecule has 0 spiro atoms. The predicted octanol–water partition coefficient (Wildman–Crippen LogP) is 2.73. The molecule has 0 bridgehead atoms. The molecule has 1 aliphatic heterocycles. The smallest absolute Gasteiger partial charge is 0.177 e. The van der Waals surface area contributed by atoms with E-state index in [1.165, 1.54) is 0 Å². The highest BCUT2D eigenvalue weighted by Crippen LogP contribution is 2.42. The highest BCUT2D eigenvalue weighted by molar-refractivity contribution is 14.1. The molecule has 1 saturated heterocycles. The van der Waals surface area contributed by atoms with E-state index in [9.17, 15) is 4.79 Å². The summed E-state index contributed by atoms with van der Waals surface area (Å²) in [5.41, 5.74) is 1.13. The van der Waals surface area contributed by atoms with Crippen molar-refractivity contribution in [1.82, 2.24) is 0 Å². The van der Waals surface area contributed by atoms with Gasteiger partial charge in [-0.25, -0.2) is 0 Å². The summed E-state index contributed by atoms with van der Waals surface area (Å²) in [7, 11) is 0. The fourth-order valence-corrected chi connectivity index (χ4v) is 3.89. The molecule has 2 aliphatic rings. The van der Waals surface area contributed by atoms with E-state index in [4.69, 9.17) is 14.2 Å². The van der Waals surface area contributed by atoms with E-state index in [0.29, 0.717) is 13.2 Å². The average molecular weight is 402 g/mol. The summed E-state index contributed by atoms with van der Waals surface area (Å²) in [6.45, 7) is 4.76. The van der Waals surface area contributed by atoms with E-state index >= 15 is 0 Å². The SMILES string of the molecule is CC1(C)O[C@@H]2C(COCc3ccccc3)C(I)C(=O)[C@@H]2O1. The van der Waals surface area contributed by atoms with Gasteiger partial charge in [0.15, 0.2) is 11.6 Å². The number of halogens is 1. The molecule has 1 heterocycles. The van der Waals surface area contributed by atoms with Gasteiger partial charge in [0.05, 0.1) is 17.1 Å². The van der Waals surface area contributed by atoms with E-state index in [1.54, 1.807) is 0 Å². The van der Waals surface area contributed by atoms with Crippen LogP contribution in [0.1, 0.15) is 19.4 Å². The van der Waals surface area contributed by atoms with Gasteiger partial charge in [-0.2, -0.15) is 0 Å². The Bertz CT molecular complexity index is 516. The Kier molecular flexibility index (Phi) is 4.36. The molecule has 21 heavy (non-hydrogen) atoms. The number of rotatable bonds is 4. The first-order valence-corrected chi connectivity index (χ1v) is 8.37. The van der Waals surface area contributed by atoms with Gasteiger partial charge in [-0.1, -0.05) is 52.9 Å². The first kappa shape index (κ1) is 15.4. The van der Waals surface area contributed by atoms with E-state index in [1.807, 2.05) is 44.2 Å². The molecule has 1 aromatic rings. The molecule has 1 saturated carbocycles. The third-order valence-electron chi connectivity index (χ3n) is 3.90. The summed E-state index contributed by atoms with van der Waals surface area (Å²) in [5, 5.41) is 0. The molecule has 1 aliphatic carbocycles. The maximum absolute atomic E-state index is 12.3. The molecule has 0 radical (unpaired) electrons.